The van der Waals surface area contributed by atoms with E-state index in [2.05, 4.69) is 16.2 Å². The molecule has 0 heterocycles. The molecule has 0 aliphatic heterocycles. The van der Waals surface area contributed by atoms with Gasteiger partial charge in [-0.2, -0.15) is 0 Å². The quantitative estimate of drug-likeness (QED) is 0.682. The van der Waals surface area contributed by atoms with Crippen molar-refractivity contribution >= 4 is 23.4 Å². The molecular formula is C20H23N3O4. The summed E-state index contributed by atoms with van der Waals surface area (Å²) in [6, 6.07) is 15.3. The Kier molecular flexibility index (Phi) is 6.93. The van der Waals surface area contributed by atoms with Crippen molar-refractivity contribution in [1.82, 2.24) is 10.9 Å². The molecule has 0 bridgehead atoms. The van der Waals surface area contributed by atoms with Crippen molar-refractivity contribution in [2.45, 2.75) is 26.9 Å². The van der Waals surface area contributed by atoms with Crippen LogP contribution in [0.25, 0.3) is 0 Å². The molecule has 27 heavy (non-hydrogen) atoms. The van der Waals surface area contributed by atoms with Gasteiger partial charge >= 0.3 is 0 Å². The van der Waals surface area contributed by atoms with Gasteiger partial charge in [-0.3, -0.25) is 25.2 Å². The van der Waals surface area contributed by atoms with Crippen LogP contribution in [0.3, 0.4) is 0 Å². The van der Waals surface area contributed by atoms with Crippen LogP contribution in [0.2, 0.25) is 0 Å². The van der Waals surface area contributed by atoms with Crippen LogP contribution < -0.4 is 20.9 Å². The van der Waals surface area contributed by atoms with Crippen molar-refractivity contribution in [3.05, 3.63) is 60.2 Å². The van der Waals surface area contributed by atoms with E-state index in [-0.39, 0.29) is 11.8 Å². The van der Waals surface area contributed by atoms with Gasteiger partial charge in [0.05, 0.1) is 0 Å². The lowest BCUT2D eigenvalue weighted by molar-refractivity contribution is -0.128. The molecule has 2 rings (SSSR count). The summed E-state index contributed by atoms with van der Waals surface area (Å²) < 4.78 is 5.48. The van der Waals surface area contributed by atoms with Crippen LogP contribution in [0.1, 0.15) is 31.1 Å². The minimum atomic E-state index is -0.777. The normalized spacial score (nSPS) is 11.4. The third-order valence-electron chi connectivity index (χ3n) is 3.66. The van der Waals surface area contributed by atoms with E-state index < -0.39 is 17.9 Å². The Balaban J connectivity index is 1.84. The van der Waals surface area contributed by atoms with Crippen LogP contribution in [0.5, 0.6) is 5.75 Å². The van der Waals surface area contributed by atoms with Gasteiger partial charge in [0.1, 0.15) is 5.75 Å². The van der Waals surface area contributed by atoms with Crippen LogP contribution in [-0.2, 0) is 9.59 Å². The second-order valence-corrected chi connectivity index (χ2v) is 6.24. The monoisotopic (exact) mass is 369 g/mol. The molecule has 2 aromatic carbocycles. The van der Waals surface area contributed by atoms with Crippen LogP contribution in [0.15, 0.2) is 54.6 Å². The SMILES string of the molecule is CC(C)C(=O)Nc1ccc(C(=O)NNC(=O)C(C)Oc2ccccc2)cc1. The standard InChI is InChI=1S/C20H23N3O4/c1-13(2)18(24)21-16-11-9-15(10-12-16)20(26)23-22-19(25)14(3)27-17-7-5-4-6-8-17/h4-14H,1-3H3,(H,21,24)(H,22,25)(H,23,26). The number of hydrogen-bond acceptors (Lipinski definition) is 4. The average Bonchev–Trinajstić information content (AvgIpc) is 2.67. The number of ether oxygens (including phenoxy) is 1. The summed E-state index contributed by atoms with van der Waals surface area (Å²) in [7, 11) is 0. The molecule has 3 amide bonds. The van der Waals surface area contributed by atoms with E-state index in [1.165, 1.54) is 0 Å². The number of carbonyl (C=O) groups excluding carboxylic acids is 3. The van der Waals surface area contributed by atoms with Gasteiger partial charge in [0.25, 0.3) is 11.8 Å². The predicted octanol–water partition coefficient (Wildman–Crippen LogP) is 2.51. The molecule has 0 saturated carbocycles. The Morgan fingerprint density at radius 2 is 1.44 bits per heavy atom. The van der Waals surface area contributed by atoms with Crippen LogP contribution in [0, 0.1) is 5.92 Å². The zero-order chi connectivity index (χ0) is 19.8. The van der Waals surface area contributed by atoms with Crippen molar-refractivity contribution in [3.8, 4) is 5.75 Å². The maximum atomic E-state index is 12.1. The highest BCUT2D eigenvalue weighted by Gasteiger charge is 2.16. The zero-order valence-corrected chi connectivity index (χ0v) is 15.5. The van der Waals surface area contributed by atoms with Gasteiger partial charge in [-0.15, -0.1) is 0 Å². The first-order valence-electron chi connectivity index (χ1n) is 8.59. The van der Waals surface area contributed by atoms with Gasteiger partial charge in [0, 0.05) is 17.2 Å². The summed E-state index contributed by atoms with van der Waals surface area (Å²) in [5, 5.41) is 2.74. The Morgan fingerprint density at radius 1 is 0.815 bits per heavy atom. The number of nitrogens with one attached hydrogen (secondary N) is 3. The van der Waals surface area contributed by atoms with Crippen LogP contribution in [-0.4, -0.2) is 23.8 Å². The van der Waals surface area contributed by atoms with E-state index in [1.807, 2.05) is 6.07 Å². The van der Waals surface area contributed by atoms with E-state index in [0.717, 1.165) is 0 Å². The fourth-order valence-electron chi connectivity index (χ4n) is 2.04. The summed E-state index contributed by atoms with van der Waals surface area (Å²) in [6.45, 7) is 5.17. The lowest BCUT2D eigenvalue weighted by Gasteiger charge is -2.15. The molecule has 0 spiro atoms. The van der Waals surface area contributed by atoms with Crippen molar-refractivity contribution in [3.63, 3.8) is 0 Å². The minimum absolute atomic E-state index is 0.105. The Morgan fingerprint density at radius 3 is 2.04 bits per heavy atom. The van der Waals surface area contributed by atoms with E-state index in [1.54, 1.807) is 69.3 Å². The molecule has 142 valence electrons. The minimum Gasteiger partial charge on any atom is -0.481 e. The van der Waals surface area contributed by atoms with Crippen LogP contribution in [0.4, 0.5) is 5.69 Å². The number of hydrazine groups is 1. The van der Waals surface area contributed by atoms with Gasteiger partial charge in [-0.1, -0.05) is 32.0 Å². The summed E-state index contributed by atoms with van der Waals surface area (Å²) in [6.07, 6.45) is -0.777. The molecule has 0 saturated heterocycles. The molecule has 0 fully saturated rings. The summed E-state index contributed by atoms with van der Waals surface area (Å²) >= 11 is 0. The van der Waals surface area contributed by atoms with Crippen molar-refractivity contribution in [1.29, 1.82) is 0 Å². The summed E-state index contributed by atoms with van der Waals surface area (Å²) in [5.41, 5.74) is 5.61. The molecule has 7 heteroatoms. The molecule has 3 N–H and O–H groups in total. The van der Waals surface area contributed by atoms with E-state index in [4.69, 9.17) is 4.74 Å². The van der Waals surface area contributed by atoms with Crippen molar-refractivity contribution < 1.29 is 19.1 Å². The molecule has 0 aliphatic carbocycles. The summed E-state index contributed by atoms with van der Waals surface area (Å²) in [5.74, 6) is -0.634. The third kappa shape index (κ3) is 6.14. The van der Waals surface area contributed by atoms with Crippen molar-refractivity contribution in [2.24, 2.45) is 5.92 Å². The number of amides is 3. The van der Waals surface area contributed by atoms with Gasteiger partial charge in [-0.25, -0.2) is 0 Å². The number of benzene rings is 2. The predicted molar refractivity (Wildman–Crippen MR) is 102 cm³/mol. The molecule has 0 aromatic heterocycles. The smallest absolute Gasteiger partial charge is 0.279 e. The van der Waals surface area contributed by atoms with E-state index >= 15 is 0 Å². The molecule has 2 aromatic rings. The zero-order valence-electron chi connectivity index (χ0n) is 15.5. The fraction of sp³-hybridized carbons (Fsp3) is 0.250. The van der Waals surface area contributed by atoms with Gasteiger partial charge < -0.3 is 10.1 Å². The number of carbonyl (C=O) groups is 3. The first kappa shape index (κ1) is 20.0. The molecule has 0 radical (unpaired) electrons. The van der Waals surface area contributed by atoms with E-state index in [0.29, 0.717) is 17.0 Å². The first-order chi connectivity index (χ1) is 12.9. The fourth-order valence-corrected chi connectivity index (χ4v) is 2.04. The topological polar surface area (TPSA) is 96.5 Å². The first-order valence-corrected chi connectivity index (χ1v) is 8.59. The molecular weight excluding hydrogens is 346 g/mol. The summed E-state index contributed by atoms with van der Waals surface area (Å²) in [4.78, 5) is 35.8. The highest BCUT2D eigenvalue weighted by atomic mass is 16.5. The second-order valence-electron chi connectivity index (χ2n) is 6.24. The highest BCUT2D eigenvalue weighted by molar-refractivity contribution is 5.97. The molecule has 0 aliphatic rings. The molecule has 1 unspecified atom stereocenters. The van der Waals surface area contributed by atoms with Gasteiger partial charge in [-0.05, 0) is 43.3 Å². The molecule has 7 nitrogen and oxygen atoms in total. The van der Waals surface area contributed by atoms with Gasteiger partial charge in [0.2, 0.25) is 5.91 Å². The Bertz CT molecular complexity index is 789. The number of para-hydroxylation sites is 1. The number of anilines is 1. The average molecular weight is 369 g/mol. The van der Waals surface area contributed by atoms with Crippen molar-refractivity contribution in [2.75, 3.05) is 5.32 Å². The second kappa shape index (κ2) is 9.38. The third-order valence-corrected chi connectivity index (χ3v) is 3.66. The lowest BCUT2D eigenvalue weighted by Crippen LogP contribution is -2.47. The molecule has 1 atom stereocenters. The van der Waals surface area contributed by atoms with E-state index in [9.17, 15) is 14.4 Å². The largest absolute Gasteiger partial charge is 0.481 e. The Labute approximate surface area is 158 Å². The highest BCUT2D eigenvalue weighted by Crippen LogP contribution is 2.12. The number of rotatable bonds is 6. The maximum Gasteiger partial charge on any atom is 0.279 e. The Hall–Kier alpha value is -3.35. The van der Waals surface area contributed by atoms with Crippen LogP contribution >= 0.6 is 0 Å². The van der Waals surface area contributed by atoms with Gasteiger partial charge in [0.15, 0.2) is 6.10 Å². The number of hydrogen-bond donors (Lipinski definition) is 3. The lowest BCUT2D eigenvalue weighted by atomic mass is 10.1. The maximum absolute atomic E-state index is 12.1.